The van der Waals surface area contributed by atoms with E-state index in [1.54, 1.807) is 18.4 Å². The lowest BCUT2D eigenvalue weighted by atomic mass is 10.3. The number of anilines is 2. The summed E-state index contributed by atoms with van der Waals surface area (Å²) in [5, 5.41) is 8.75. The zero-order chi connectivity index (χ0) is 14.9. The van der Waals surface area contributed by atoms with Gasteiger partial charge in [-0.05, 0) is 24.3 Å². The number of hydrogen-bond acceptors (Lipinski definition) is 6. The van der Waals surface area contributed by atoms with Crippen LogP contribution >= 0.6 is 11.3 Å². The van der Waals surface area contributed by atoms with Gasteiger partial charge in [0, 0.05) is 31.1 Å². The van der Waals surface area contributed by atoms with E-state index in [0.717, 1.165) is 37.6 Å². The van der Waals surface area contributed by atoms with Crippen molar-refractivity contribution in [1.29, 1.82) is 0 Å². The Morgan fingerprint density at radius 3 is 2.57 bits per heavy atom. The first kappa shape index (κ1) is 15.7. The molecule has 2 aromatic heterocycles. The lowest BCUT2D eigenvalue weighted by molar-refractivity contribution is 0.178. The van der Waals surface area contributed by atoms with E-state index in [4.69, 9.17) is 4.74 Å². The van der Waals surface area contributed by atoms with Crippen molar-refractivity contribution in [3.63, 3.8) is 0 Å². The van der Waals surface area contributed by atoms with Crippen molar-refractivity contribution in [3.05, 3.63) is 34.3 Å². The largest absolute Gasteiger partial charge is 0.377 e. The lowest BCUT2D eigenvalue weighted by Gasteiger charge is -2.10. The summed E-state index contributed by atoms with van der Waals surface area (Å²) in [6.45, 7) is 4.31. The number of ether oxygens (including phenoxy) is 1. The van der Waals surface area contributed by atoms with E-state index in [-0.39, 0.29) is 0 Å². The molecule has 0 radical (unpaired) electrons. The quantitative estimate of drug-likeness (QED) is 0.745. The van der Waals surface area contributed by atoms with Crippen LogP contribution < -0.4 is 10.6 Å². The standard InChI is InChI=1S/C15H22N4OS/c1-3-7-16-13-10-14(19-15(18-13)11-20-2)17-8-6-12-5-4-9-21-12/h4-5,9-10H,3,6-8,11H2,1-2H3,(H2,16,17,18,19). The average molecular weight is 306 g/mol. The average Bonchev–Trinajstić information content (AvgIpc) is 2.99. The van der Waals surface area contributed by atoms with E-state index in [1.165, 1.54) is 4.88 Å². The Morgan fingerprint density at radius 1 is 1.19 bits per heavy atom. The molecule has 0 aliphatic heterocycles. The van der Waals surface area contributed by atoms with Crippen LogP contribution in [0.3, 0.4) is 0 Å². The van der Waals surface area contributed by atoms with E-state index in [2.05, 4.69) is 45.0 Å². The predicted molar refractivity (Wildman–Crippen MR) is 88.0 cm³/mol. The molecule has 2 aromatic rings. The van der Waals surface area contributed by atoms with Crippen molar-refractivity contribution in [1.82, 2.24) is 9.97 Å². The molecule has 0 saturated heterocycles. The van der Waals surface area contributed by atoms with E-state index in [1.807, 2.05) is 6.07 Å². The van der Waals surface area contributed by atoms with Crippen molar-refractivity contribution < 1.29 is 4.74 Å². The fourth-order valence-electron chi connectivity index (χ4n) is 1.89. The Labute approximate surface area is 129 Å². The fraction of sp³-hybridized carbons (Fsp3) is 0.467. The van der Waals surface area contributed by atoms with E-state index < -0.39 is 0 Å². The number of nitrogens with zero attached hydrogens (tertiary/aromatic N) is 2. The van der Waals surface area contributed by atoms with Crippen molar-refractivity contribution in [2.75, 3.05) is 30.8 Å². The number of thiophene rings is 1. The Balaban J connectivity index is 1.97. The van der Waals surface area contributed by atoms with Gasteiger partial charge in [-0.1, -0.05) is 13.0 Å². The summed E-state index contributed by atoms with van der Waals surface area (Å²) in [5.74, 6) is 2.38. The van der Waals surface area contributed by atoms with Gasteiger partial charge < -0.3 is 15.4 Å². The number of rotatable bonds is 9. The molecule has 0 aromatic carbocycles. The molecule has 0 amide bonds. The second-order valence-corrected chi connectivity index (χ2v) is 5.70. The Hall–Kier alpha value is -1.66. The number of methoxy groups -OCH3 is 1. The molecule has 0 fully saturated rings. The number of hydrogen-bond donors (Lipinski definition) is 2. The SMILES string of the molecule is CCCNc1cc(NCCc2cccs2)nc(COC)n1. The van der Waals surface area contributed by atoms with Crippen LogP contribution in [0.5, 0.6) is 0 Å². The molecule has 21 heavy (non-hydrogen) atoms. The molecule has 5 nitrogen and oxygen atoms in total. The molecular formula is C15H22N4OS. The predicted octanol–water partition coefficient (Wildman–Crippen LogP) is 3.16. The molecule has 114 valence electrons. The van der Waals surface area contributed by atoms with Gasteiger partial charge in [-0.15, -0.1) is 11.3 Å². The van der Waals surface area contributed by atoms with Crippen LogP contribution in [0.1, 0.15) is 24.0 Å². The lowest BCUT2D eigenvalue weighted by Crippen LogP contribution is -2.11. The monoisotopic (exact) mass is 306 g/mol. The van der Waals surface area contributed by atoms with Crippen molar-refractivity contribution in [2.24, 2.45) is 0 Å². The van der Waals surface area contributed by atoms with Crippen molar-refractivity contribution >= 4 is 23.0 Å². The van der Waals surface area contributed by atoms with Gasteiger partial charge in [-0.3, -0.25) is 0 Å². The molecule has 0 unspecified atom stereocenters. The van der Waals surface area contributed by atoms with E-state index in [0.29, 0.717) is 12.4 Å². The highest BCUT2D eigenvalue weighted by molar-refractivity contribution is 7.09. The first-order chi connectivity index (χ1) is 10.3. The van der Waals surface area contributed by atoms with Crippen molar-refractivity contribution in [2.45, 2.75) is 26.4 Å². The normalized spacial score (nSPS) is 10.6. The van der Waals surface area contributed by atoms with Gasteiger partial charge >= 0.3 is 0 Å². The van der Waals surface area contributed by atoms with Crippen LogP contribution in [-0.2, 0) is 17.8 Å². The highest BCUT2D eigenvalue weighted by Gasteiger charge is 2.04. The van der Waals surface area contributed by atoms with Gasteiger partial charge in [-0.25, -0.2) is 9.97 Å². The first-order valence-corrected chi connectivity index (χ1v) is 8.06. The molecule has 0 aliphatic rings. The van der Waals surface area contributed by atoms with Gasteiger partial charge in [0.25, 0.3) is 0 Å². The second kappa shape index (κ2) is 8.59. The molecule has 2 rings (SSSR count). The maximum Gasteiger partial charge on any atom is 0.158 e. The minimum Gasteiger partial charge on any atom is -0.377 e. The molecule has 6 heteroatoms. The van der Waals surface area contributed by atoms with Crippen molar-refractivity contribution in [3.8, 4) is 0 Å². The Kier molecular flexibility index (Phi) is 6.43. The number of aromatic nitrogens is 2. The highest BCUT2D eigenvalue weighted by Crippen LogP contribution is 2.13. The molecule has 0 atom stereocenters. The van der Waals surface area contributed by atoms with E-state index in [9.17, 15) is 0 Å². The van der Waals surface area contributed by atoms with Crippen LogP contribution in [0.15, 0.2) is 23.6 Å². The summed E-state index contributed by atoms with van der Waals surface area (Å²) in [7, 11) is 1.65. The maximum atomic E-state index is 5.13. The molecule has 0 bridgehead atoms. The van der Waals surface area contributed by atoms with Crippen LogP contribution in [0.2, 0.25) is 0 Å². The molecule has 2 N–H and O–H groups in total. The van der Waals surface area contributed by atoms with Gasteiger partial charge in [-0.2, -0.15) is 0 Å². The van der Waals surface area contributed by atoms with Gasteiger partial charge in [0.15, 0.2) is 5.82 Å². The fourth-order valence-corrected chi connectivity index (χ4v) is 2.60. The van der Waals surface area contributed by atoms with Crippen LogP contribution in [0.4, 0.5) is 11.6 Å². The summed E-state index contributed by atoms with van der Waals surface area (Å²) in [5.41, 5.74) is 0. The molecule has 0 aliphatic carbocycles. The summed E-state index contributed by atoms with van der Waals surface area (Å²) in [4.78, 5) is 10.3. The van der Waals surface area contributed by atoms with Crippen LogP contribution in [0.25, 0.3) is 0 Å². The Bertz CT molecular complexity index is 530. The summed E-state index contributed by atoms with van der Waals surface area (Å²) >= 11 is 1.78. The number of nitrogens with one attached hydrogen (secondary N) is 2. The van der Waals surface area contributed by atoms with Gasteiger partial charge in [0.05, 0.1) is 0 Å². The zero-order valence-electron chi connectivity index (χ0n) is 12.6. The Morgan fingerprint density at radius 2 is 1.95 bits per heavy atom. The third-order valence-corrected chi connectivity index (χ3v) is 3.80. The topological polar surface area (TPSA) is 59.1 Å². The minimum absolute atomic E-state index is 0.418. The smallest absolute Gasteiger partial charge is 0.158 e. The van der Waals surface area contributed by atoms with Gasteiger partial charge in [0.1, 0.15) is 18.2 Å². The third-order valence-electron chi connectivity index (χ3n) is 2.86. The molecular weight excluding hydrogens is 284 g/mol. The summed E-state index contributed by atoms with van der Waals surface area (Å²) < 4.78 is 5.13. The second-order valence-electron chi connectivity index (χ2n) is 4.67. The zero-order valence-corrected chi connectivity index (χ0v) is 13.4. The molecule has 0 spiro atoms. The van der Waals surface area contributed by atoms with Crippen LogP contribution in [0, 0.1) is 0 Å². The minimum atomic E-state index is 0.418. The van der Waals surface area contributed by atoms with E-state index >= 15 is 0 Å². The van der Waals surface area contributed by atoms with Crippen LogP contribution in [-0.4, -0.2) is 30.2 Å². The third kappa shape index (κ3) is 5.32. The molecule has 2 heterocycles. The summed E-state index contributed by atoms with van der Waals surface area (Å²) in [6, 6.07) is 6.17. The molecule has 0 saturated carbocycles. The summed E-state index contributed by atoms with van der Waals surface area (Å²) in [6.07, 6.45) is 2.06. The highest BCUT2D eigenvalue weighted by atomic mass is 32.1. The maximum absolute atomic E-state index is 5.13. The first-order valence-electron chi connectivity index (χ1n) is 7.19. The van der Waals surface area contributed by atoms with Gasteiger partial charge in [0.2, 0.25) is 0 Å².